The van der Waals surface area contributed by atoms with E-state index in [9.17, 15) is 4.79 Å². The SMILES string of the molecule is COc1cc2c(Nc3ccc(/C=C/C(=O)NC4Cc5ccccc5C4)cc3)ncnc2cc1OCCCN1CCOCC1. The minimum Gasteiger partial charge on any atom is -0.493 e. The lowest BCUT2D eigenvalue weighted by molar-refractivity contribution is -0.117. The Balaban J connectivity index is 1.05. The summed E-state index contributed by atoms with van der Waals surface area (Å²) < 4.78 is 17.2. The number of hydrogen-bond acceptors (Lipinski definition) is 8. The first-order valence-electron chi connectivity index (χ1n) is 14.8. The Hall–Kier alpha value is -4.47. The van der Waals surface area contributed by atoms with E-state index < -0.39 is 0 Å². The summed E-state index contributed by atoms with van der Waals surface area (Å²) >= 11 is 0. The summed E-state index contributed by atoms with van der Waals surface area (Å²) in [5.41, 5.74) is 5.20. The van der Waals surface area contributed by atoms with Crippen molar-refractivity contribution in [1.29, 1.82) is 0 Å². The van der Waals surface area contributed by atoms with Crippen molar-refractivity contribution in [3.8, 4) is 11.5 Å². The molecule has 0 atom stereocenters. The molecular weight excluding hydrogens is 542 g/mol. The molecular formula is C34H37N5O4. The van der Waals surface area contributed by atoms with E-state index in [4.69, 9.17) is 14.2 Å². The van der Waals surface area contributed by atoms with Gasteiger partial charge in [-0.05, 0) is 60.2 Å². The zero-order valence-electron chi connectivity index (χ0n) is 24.4. The summed E-state index contributed by atoms with van der Waals surface area (Å²) in [7, 11) is 1.64. The highest BCUT2D eigenvalue weighted by Crippen LogP contribution is 2.35. The molecule has 1 aromatic heterocycles. The van der Waals surface area contributed by atoms with Crippen molar-refractivity contribution in [2.75, 3.05) is 51.9 Å². The molecule has 0 radical (unpaired) electrons. The number of rotatable bonds is 11. The monoisotopic (exact) mass is 579 g/mol. The van der Waals surface area contributed by atoms with Crippen molar-refractivity contribution in [3.05, 3.63) is 89.8 Å². The fourth-order valence-corrected chi connectivity index (χ4v) is 5.63. The van der Waals surface area contributed by atoms with Crippen LogP contribution in [0, 0.1) is 0 Å². The van der Waals surface area contributed by atoms with Gasteiger partial charge >= 0.3 is 0 Å². The van der Waals surface area contributed by atoms with Crippen LogP contribution in [0.3, 0.4) is 0 Å². The van der Waals surface area contributed by atoms with Crippen molar-refractivity contribution in [2.45, 2.75) is 25.3 Å². The maximum absolute atomic E-state index is 12.5. The summed E-state index contributed by atoms with van der Waals surface area (Å²) in [5, 5.41) is 7.34. The number of methoxy groups -OCH3 is 1. The van der Waals surface area contributed by atoms with Crippen LogP contribution in [0.4, 0.5) is 11.5 Å². The first-order chi connectivity index (χ1) is 21.1. The Morgan fingerprint density at radius 2 is 1.79 bits per heavy atom. The Kier molecular flexibility index (Phi) is 9.10. The third-order valence-corrected chi connectivity index (χ3v) is 7.90. The number of nitrogens with one attached hydrogen (secondary N) is 2. The quantitative estimate of drug-likeness (QED) is 0.194. The van der Waals surface area contributed by atoms with Crippen LogP contribution in [0.25, 0.3) is 17.0 Å². The molecule has 2 heterocycles. The molecule has 1 saturated heterocycles. The van der Waals surface area contributed by atoms with Gasteiger partial charge in [0, 0.05) is 48.9 Å². The van der Waals surface area contributed by atoms with Crippen molar-refractivity contribution in [3.63, 3.8) is 0 Å². The Morgan fingerprint density at radius 3 is 2.53 bits per heavy atom. The molecule has 1 fully saturated rings. The molecule has 0 saturated carbocycles. The van der Waals surface area contributed by atoms with E-state index in [0.717, 1.165) is 74.3 Å². The van der Waals surface area contributed by atoms with Crippen molar-refractivity contribution >= 4 is 34.4 Å². The molecule has 2 aliphatic rings. The predicted molar refractivity (Wildman–Crippen MR) is 168 cm³/mol. The molecule has 4 aromatic rings. The summed E-state index contributed by atoms with van der Waals surface area (Å²) in [6.45, 7) is 5.11. The van der Waals surface area contributed by atoms with E-state index in [1.54, 1.807) is 13.2 Å². The number of ether oxygens (including phenoxy) is 3. The zero-order chi connectivity index (χ0) is 29.4. The summed E-state index contributed by atoms with van der Waals surface area (Å²) in [6.07, 6.45) is 7.64. The van der Waals surface area contributed by atoms with Crippen molar-refractivity contribution in [2.24, 2.45) is 0 Å². The molecule has 0 spiro atoms. The lowest BCUT2D eigenvalue weighted by atomic mass is 10.1. The zero-order valence-corrected chi connectivity index (χ0v) is 24.4. The number of anilines is 2. The number of hydrogen-bond donors (Lipinski definition) is 2. The summed E-state index contributed by atoms with van der Waals surface area (Å²) in [5.74, 6) is 1.89. The van der Waals surface area contributed by atoms with Gasteiger partial charge in [-0.1, -0.05) is 36.4 Å². The van der Waals surface area contributed by atoms with Crippen LogP contribution in [0.5, 0.6) is 11.5 Å². The van der Waals surface area contributed by atoms with E-state index in [1.807, 2.05) is 54.6 Å². The molecule has 0 bridgehead atoms. The number of nitrogens with zero attached hydrogens (tertiary/aromatic N) is 3. The number of fused-ring (bicyclic) bond motifs is 2. The van der Waals surface area contributed by atoms with Crippen LogP contribution >= 0.6 is 0 Å². The second-order valence-electron chi connectivity index (χ2n) is 10.9. The number of benzene rings is 3. The van der Waals surface area contributed by atoms with Gasteiger partial charge in [0.2, 0.25) is 5.91 Å². The topological polar surface area (TPSA) is 97.8 Å². The maximum Gasteiger partial charge on any atom is 0.244 e. The van der Waals surface area contributed by atoms with Crippen LogP contribution in [0.2, 0.25) is 0 Å². The molecule has 1 amide bonds. The average Bonchev–Trinajstić information content (AvgIpc) is 3.45. The minimum absolute atomic E-state index is 0.0816. The highest BCUT2D eigenvalue weighted by Gasteiger charge is 2.21. The fourth-order valence-electron chi connectivity index (χ4n) is 5.63. The van der Waals surface area contributed by atoms with Crippen molar-refractivity contribution < 1.29 is 19.0 Å². The molecule has 222 valence electrons. The van der Waals surface area contributed by atoms with Crippen LogP contribution in [-0.4, -0.2) is 73.4 Å². The van der Waals surface area contributed by atoms with Gasteiger partial charge in [0.05, 0.1) is 32.4 Å². The van der Waals surface area contributed by atoms with Gasteiger partial charge in [0.1, 0.15) is 12.1 Å². The lowest BCUT2D eigenvalue weighted by Crippen LogP contribution is -2.37. The molecule has 9 nitrogen and oxygen atoms in total. The Bertz CT molecular complexity index is 1560. The third kappa shape index (κ3) is 7.31. The lowest BCUT2D eigenvalue weighted by Gasteiger charge is -2.26. The number of aromatic nitrogens is 2. The second kappa shape index (κ2) is 13.7. The molecule has 43 heavy (non-hydrogen) atoms. The van der Waals surface area contributed by atoms with E-state index in [2.05, 4.69) is 37.6 Å². The van der Waals surface area contributed by atoms with Crippen LogP contribution in [0.1, 0.15) is 23.1 Å². The summed E-state index contributed by atoms with van der Waals surface area (Å²) in [6, 6.07) is 20.2. The predicted octanol–water partition coefficient (Wildman–Crippen LogP) is 4.78. The normalized spacial score (nSPS) is 15.5. The first-order valence-corrected chi connectivity index (χ1v) is 14.8. The van der Waals surface area contributed by atoms with E-state index in [-0.39, 0.29) is 11.9 Å². The van der Waals surface area contributed by atoms with E-state index in [0.29, 0.717) is 23.9 Å². The number of carbonyl (C=O) groups excluding carboxylic acids is 1. The second-order valence-corrected chi connectivity index (χ2v) is 10.9. The van der Waals surface area contributed by atoms with E-state index in [1.165, 1.54) is 17.5 Å². The highest BCUT2D eigenvalue weighted by molar-refractivity contribution is 5.93. The van der Waals surface area contributed by atoms with Crippen molar-refractivity contribution in [1.82, 2.24) is 20.2 Å². The van der Waals surface area contributed by atoms with Gasteiger partial charge in [0.15, 0.2) is 11.5 Å². The van der Waals surface area contributed by atoms with Gasteiger partial charge in [0.25, 0.3) is 0 Å². The number of morpholine rings is 1. The van der Waals surface area contributed by atoms with Gasteiger partial charge in [-0.25, -0.2) is 9.97 Å². The maximum atomic E-state index is 12.5. The molecule has 3 aromatic carbocycles. The molecule has 9 heteroatoms. The number of amides is 1. The van der Waals surface area contributed by atoms with E-state index >= 15 is 0 Å². The molecule has 0 unspecified atom stereocenters. The Labute approximate surface area is 251 Å². The molecule has 6 rings (SSSR count). The summed E-state index contributed by atoms with van der Waals surface area (Å²) in [4.78, 5) is 23.9. The van der Waals surface area contributed by atoms with Crippen LogP contribution < -0.4 is 20.1 Å². The van der Waals surface area contributed by atoms with Gasteiger partial charge in [-0.3, -0.25) is 9.69 Å². The first kappa shape index (κ1) is 28.6. The molecule has 2 N–H and O–H groups in total. The molecule has 1 aliphatic carbocycles. The van der Waals surface area contributed by atoms with Crippen LogP contribution in [-0.2, 0) is 22.4 Å². The molecule has 1 aliphatic heterocycles. The Morgan fingerprint density at radius 1 is 1.02 bits per heavy atom. The standard InChI is InChI=1S/C34H37N5O4/c1-41-31-21-29-30(22-32(31)43-16-4-13-39-14-17-42-18-15-39)35-23-36-34(29)38-27-10-7-24(8-11-27)9-12-33(40)37-28-19-25-5-2-3-6-26(25)20-28/h2-3,5-12,21-23,28H,4,13-20H2,1H3,(H,37,40)(H,35,36,38)/b12-9+. The minimum atomic E-state index is -0.0816. The van der Waals surface area contributed by atoms with Gasteiger partial charge in [-0.2, -0.15) is 0 Å². The average molecular weight is 580 g/mol. The highest BCUT2D eigenvalue weighted by atomic mass is 16.5. The van der Waals surface area contributed by atoms with Crippen LogP contribution in [0.15, 0.2) is 73.1 Å². The number of carbonyl (C=O) groups is 1. The smallest absolute Gasteiger partial charge is 0.244 e. The van der Waals surface area contributed by atoms with Gasteiger partial charge < -0.3 is 24.8 Å². The largest absolute Gasteiger partial charge is 0.493 e. The van der Waals surface area contributed by atoms with Gasteiger partial charge in [-0.15, -0.1) is 0 Å². The fraction of sp³-hybridized carbons (Fsp3) is 0.324. The third-order valence-electron chi connectivity index (χ3n) is 7.90.